The van der Waals surface area contributed by atoms with E-state index in [-0.39, 0.29) is 18.6 Å². The zero-order valence-electron chi connectivity index (χ0n) is 7.45. The van der Waals surface area contributed by atoms with Gasteiger partial charge < -0.3 is 9.84 Å². The Balaban J connectivity index is 3.83. The van der Waals surface area contributed by atoms with E-state index in [9.17, 15) is 9.59 Å². The number of esters is 1. The third kappa shape index (κ3) is 5.66. The fourth-order valence-electron chi connectivity index (χ4n) is 0.577. The van der Waals surface area contributed by atoms with Crippen LogP contribution in [0.3, 0.4) is 0 Å². The fraction of sp³-hybridized carbons (Fsp3) is 0.333. The van der Waals surface area contributed by atoms with Crippen LogP contribution in [0.15, 0.2) is 24.3 Å². The molecule has 0 aromatic rings. The standard InChI is InChI=1S/C9H12O4/c1-3-4-5-13-9(12)7(2)6-8(10)11/h3-4H,2,5-6H2,1H3,(H,10,11). The molecule has 4 heteroatoms. The summed E-state index contributed by atoms with van der Waals surface area (Å²) in [5, 5.41) is 8.32. The van der Waals surface area contributed by atoms with Crippen LogP contribution in [-0.4, -0.2) is 23.7 Å². The van der Waals surface area contributed by atoms with E-state index in [2.05, 4.69) is 11.3 Å². The first-order chi connectivity index (χ1) is 6.07. The molecule has 0 atom stereocenters. The van der Waals surface area contributed by atoms with Crippen molar-refractivity contribution < 1.29 is 19.4 Å². The molecule has 0 rings (SSSR count). The summed E-state index contributed by atoms with van der Waals surface area (Å²) in [6, 6.07) is 0. The smallest absolute Gasteiger partial charge is 0.334 e. The number of carbonyl (C=O) groups excluding carboxylic acids is 1. The first-order valence-electron chi connectivity index (χ1n) is 3.75. The zero-order valence-corrected chi connectivity index (χ0v) is 7.45. The molecule has 0 aliphatic heterocycles. The molecule has 0 amide bonds. The Bertz CT molecular complexity index is 240. The van der Waals surface area contributed by atoms with Crippen LogP contribution in [0.25, 0.3) is 0 Å². The van der Waals surface area contributed by atoms with Crippen LogP contribution in [-0.2, 0) is 14.3 Å². The van der Waals surface area contributed by atoms with Crippen molar-refractivity contribution in [2.75, 3.05) is 6.61 Å². The SMILES string of the molecule is C=C(CC(=O)O)C(=O)OCC=CC. The zero-order chi connectivity index (χ0) is 10.3. The maximum atomic E-state index is 10.9. The van der Waals surface area contributed by atoms with E-state index < -0.39 is 11.9 Å². The van der Waals surface area contributed by atoms with Gasteiger partial charge in [-0.1, -0.05) is 18.7 Å². The summed E-state index contributed by atoms with van der Waals surface area (Å²) in [7, 11) is 0. The van der Waals surface area contributed by atoms with Gasteiger partial charge in [0.2, 0.25) is 0 Å². The van der Waals surface area contributed by atoms with E-state index >= 15 is 0 Å². The molecular formula is C9H12O4. The molecule has 13 heavy (non-hydrogen) atoms. The lowest BCUT2D eigenvalue weighted by Gasteiger charge is -2.01. The molecule has 0 unspecified atom stereocenters. The Morgan fingerprint density at radius 1 is 1.54 bits per heavy atom. The van der Waals surface area contributed by atoms with Gasteiger partial charge in [0, 0.05) is 5.57 Å². The molecule has 72 valence electrons. The van der Waals surface area contributed by atoms with E-state index in [1.807, 2.05) is 0 Å². The monoisotopic (exact) mass is 184 g/mol. The fourth-order valence-corrected chi connectivity index (χ4v) is 0.577. The lowest BCUT2D eigenvalue weighted by molar-refractivity contribution is -0.142. The first-order valence-corrected chi connectivity index (χ1v) is 3.75. The van der Waals surface area contributed by atoms with Crippen molar-refractivity contribution in [2.45, 2.75) is 13.3 Å². The van der Waals surface area contributed by atoms with Gasteiger partial charge in [-0.15, -0.1) is 0 Å². The van der Waals surface area contributed by atoms with Crippen LogP contribution in [0.4, 0.5) is 0 Å². The van der Waals surface area contributed by atoms with Gasteiger partial charge in [-0.2, -0.15) is 0 Å². The molecule has 0 spiro atoms. The van der Waals surface area contributed by atoms with Crippen molar-refractivity contribution in [3.05, 3.63) is 24.3 Å². The maximum Gasteiger partial charge on any atom is 0.334 e. The van der Waals surface area contributed by atoms with E-state index in [1.165, 1.54) is 0 Å². The van der Waals surface area contributed by atoms with Crippen molar-refractivity contribution in [1.82, 2.24) is 0 Å². The van der Waals surface area contributed by atoms with E-state index in [0.29, 0.717) is 0 Å². The van der Waals surface area contributed by atoms with Gasteiger partial charge in [-0.25, -0.2) is 4.79 Å². The van der Waals surface area contributed by atoms with Gasteiger partial charge in [0.15, 0.2) is 0 Å². The van der Waals surface area contributed by atoms with Crippen LogP contribution >= 0.6 is 0 Å². The molecule has 4 nitrogen and oxygen atoms in total. The molecule has 0 bridgehead atoms. The molecule has 0 saturated heterocycles. The number of carboxylic acids is 1. The molecule has 1 N–H and O–H groups in total. The summed E-state index contributed by atoms with van der Waals surface area (Å²) in [6.07, 6.45) is 2.99. The van der Waals surface area contributed by atoms with Crippen LogP contribution < -0.4 is 0 Å². The molecule has 0 fully saturated rings. The summed E-state index contributed by atoms with van der Waals surface area (Å²) in [4.78, 5) is 21.1. The number of carboxylic acid groups (broad SMARTS) is 1. The molecule has 0 heterocycles. The van der Waals surface area contributed by atoms with Gasteiger partial charge in [-0.3, -0.25) is 4.79 Å². The van der Waals surface area contributed by atoms with Crippen LogP contribution in [0.2, 0.25) is 0 Å². The average Bonchev–Trinajstić information content (AvgIpc) is 2.03. The highest BCUT2D eigenvalue weighted by Crippen LogP contribution is 2.00. The van der Waals surface area contributed by atoms with E-state index in [1.54, 1.807) is 19.1 Å². The van der Waals surface area contributed by atoms with Crippen LogP contribution in [0.5, 0.6) is 0 Å². The number of rotatable bonds is 5. The van der Waals surface area contributed by atoms with Crippen molar-refractivity contribution in [3.63, 3.8) is 0 Å². The minimum Gasteiger partial charge on any atom is -0.481 e. The number of ether oxygens (including phenoxy) is 1. The van der Waals surface area contributed by atoms with Crippen molar-refractivity contribution in [1.29, 1.82) is 0 Å². The molecule has 0 aromatic carbocycles. The van der Waals surface area contributed by atoms with E-state index in [4.69, 9.17) is 5.11 Å². The van der Waals surface area contributed by atoms with Gasteiger partial charge in [0.25, 0.3) is 0 Å². The second-order valence-corrected chi connectivity index (χ2v) is 2.34. The first kappa shape index (κ1) is 11.4. The Morgan fingerprint density at radius 3 is 2.62 bits per heavy atom. The second kappa shape index (κ2) is 5.99. The summed E-state index contributed by atoms with van der Waals surface area (Å²) in [5.74, 6) is -1.76. The maximum absolute atomic E-state index is 10.9. The van der Waals surface area contributed by atoms with Crippen molar-refractivity contribution in [2.24, 2.45) is 0 Å². The number of aliphatic carboxylic acids is 1. The predicted molar refractivity (Wildman–Crippen MR) is 47.2 cm³/mol. The minimum atomic E-state index is -1.09. The summed E-state index contributed by atoms with van der Waals surface area (Å²) < 4.78 is 4.66. The minimum absolute atomic E-state index is 0.0444. The largest absolute Gasteiger partial charge is 0.481 e. The highest BCUT2D eigenvalue weighted by molar-refractivity contribution is 5.92. The highest BCUT2D eigenvalue weighted by Gasteiger charge is 2.10. The molecule has 0 radical (unpaired) electrons. The van der Waals surface area contributed by atoms with Gasteiger partial charge >= 0.3 is 11.9 Å². The van der Waals surface area contributed by atoms with Crippen molar-refractivity contribution >= 4 is 11.9 Å². The second-order valence-electron chi connectivity index (χ2n) is 2.34. The lowest BCUT2D eigenvalue weighted by atomic mass is 10.2. The molecule has 0 aromatic heterocycles. The van der Waals surface area contributed by atoms with E-state index in [0.717, 1.165) is 0 Å². The molecular weight excluding hydrogens is 172 g/mol. The third-order valence-corrected chi connectivity index (χ3v) is 1.20. The Kier molecular flexibility index (Phi) is 5.27. The molecule has 0 aliphatic rings. The quantitative estimate of drug-likeness (QED) is 0.395. The third-order valence-electron chi connectivity index (χ3n) is 1.20. The summed E-state index contributed by atoms with van der Waals surface area (Å²) in [5.41, 5.74) is -0.0444. The summed E-state index contributed by atoms with van der Waals surface area (Å²) >= 11 is 0. The number of hydrogen-bond acceptors (Lipinski definition) is 3. The molecule has 0 saturated carbocycles. The number of allylic oxidation sites excluding steroid dienone is 1. The summed E-state index contributed by atoms with van der Waals surface area (Å²) in [6.45, 7) is 5.23. The lowest BCUT2D eigenvalue weighted by Crippen LogP contribution is -2.10. The van der Waals surface area contributed by atoms with Crippen molar-refractivity contribution in [3.8, 4) is 0 Å². The van der Waals surface area contributed by atoms with Gasteiger partial charge in [0.1, 0.15) is 6.61 Å². The highest BCUT2D eigenvalue weighted by atomic mass is 16.5. The topological polar surface area (TPSA) is 63.6 Å². The van der Waals surface area contributed by atoms with Gasteiger partial charge in [-0.05, 0) is 6.92 Å². The van der Waals surface area contributed by atoms with Crippen LogP contribution in [0.1, 0.15) is 13.3 Å². The van der Waals surface area contributed by atoms with Gasteiger partial charge in [0.05, 0.1) is 6.42 Å². The molecule has 0 aliphatic carbocycles. The Morgan fingerprint density at radius 2 is 2.15 bits per heavy atom. The average molecular weight is 184 g/mol. The number of hydrogen-bond donors (Lipinski definition) is 1. The van der Waals surface area contributed by atoms with Crippen LogP contribution in [0, 0.1) is 0 Å². The Labute approximate surface area is 76.5 Å². The Hall–Kier alpha value is -1.58. The number of carbonyl (C=O) groups is 2. The predicted octanol–water partition coefficient (Wildman–Crippen LogP) is 1.14. The normalized spacial score (nSPS) is 9.92.